The minimum Gasteiger partial charge on any atom is -0.399 e. The van der Waals surface area contributed by atoms with Crippen LogP contribution in [0.1, 0.15) is 113 Å². The Bertz CT molecular complexity index is 1080. The van der Waals surface area contributed by atoms with Crippen LogP contribution in [0.15, 0.2) is 66.7 Å². The van der Waals surface area contributed by atoms with Gasteiger partial charge in [-0.25, -0.2) is 0 Å². The molecule has 0 bridgehead atoms. The van der Waals surface area contributed by atoms with Gasteiger partial charge in [-0.1, -0.05) is 132 Å². The van der Waals surface area contributed by atoms with E-state index in [9.17, 15) is 0 Å². The van der Waals surface area contributed by atoms with Gasteiger partial charge in [0.05, 0.1) is 0 Å². The Labute approximate surface area is 228 Å². The molecule has 1 aliphatic rings. The Kier molecular flexibility index (Phi) is 13.3. The summed E-state index contributed by atoms with van der Waals surface area (Å²) >= 11 is 0. The molecule has 0 heterocycles. The second kappa shape index (κ2) is 16.1. The molecule has 1 nitrogen and oxygen atoms in total. The average molecular weight is 498 g/mol. The van der Waals surface area contributed by atoms with Gasteiger partial charge in [-0.2, -0.15) is 0 Å². The zero-order valence-corrected chi connectivity index (χ0v) is 24.7. The summed E-state index contributed by atoms with van der Waals surface area (Å²) in [6.07, 6.45) is 10.1. The quantitative estimate of drug-likeness (QED) is 0.337. The van der Waals surface area contributed by atoms with E-state index in [1.165, 1.54) is 76.6 Å². The van der Waals surface area contributed by atoms with E-state index in [4.69, 9.17) is 5.73 Å². The molecule has 2 N–H and O–H groups in total. The lowest BCUT2D eigenvalue weighted by atomic mass is 9.87. The SMILES string of the molecule is CCCC.CCCC(C)CC.Cc1ccc(C2=C(c3ccc(C)cc3)c3cc(N)ccc3CCC2)cc1. The van der Waals surface area contributed by atoms with Crippen molar-refractivity contribution in [3.05, 3.63) is 100 Å². The standard InChI is InChI=1S/C25H25N.C7H16.C4H10/c1-17-6-10-20(11-7-17)23-5-3-4-19-14-15-22(26)16-24(19)25(23)21-12-8-18(2)9-13-21;1-4-6-7(3)5-2;1-3-4-2/h6-16H,3-5,26H2,1-2H3;7H,4-6H2,1-3H3;3-4H2,1-2H3. The molecule has 0 radical (unpaired) electrons. The van der Waals surface area contributed by atoms with Gasteiger partial charge in [-0.15, -0.1) is 0 Å². The van der Waals surface area contributed by atoms with Crippen LogP contribution in [0.25, 0.3) is 11.1 Å². The lowest BCUT2D eigenvalue weighted by molar-refractivity contribution is 0.509. The molecular formula is C36H51N. The first kappa shape index (κ1) is 30.4. The largest absolute Gasteiger partial charge is 0.399 e. The van der Waals surface area contributed by atoms with E-state index >= 15 is 0 Å². The highest BCUT2D eigenvalue weighted by atomic mass is 14.5. The van der Waals surface area contributed by atoms with Crippen LogP contribution in [0.2, 0.25) is 0 Å². The fraction of sp³-hybridized carbons (Fsp3) is 0.444. The van der Waals surface area contributed by atoms with Crippen LogP contribution in [0.3, 0.4) is 0 Å². The number of hydrogen-bond donors (Lipinski definition) is 1. The monoisotopic (exact) mass is 497 g/mol. The highest BCUT2D eigenvalue weighted by Gasteiger charge is 2.20. The Morgan fingerprint density at radius 3 is 1.76 bits per heavy atom. The van der Waals surface area contributed by atoms with Gasteiger partial charge < -0.3 is 5.73 Å². The first-order chi connectivity index (χ1) is 17.8. The highest BCUT2D eigenvalue weighted by molar-refractivity contribution is 6.00. The summed E-state index contributed by atoms with van der Waals surface area (Å²) in [4.78, 5) is 0. The number of nitrogens with two attached hydrogens (primary N) is 1. The molecule has 4 rings (SSSR count). The van der Waals surface area contributed by atoms with Crippen LogP contribution < -0.4 is 5.73 Å². The lowest BCUT2D eigenvalue weighted by Gasteiger charge is -2.17. The van der Waals surface area contributed by atoms with Crippen LogP contribution in [0.5, 0.6) is 0 Å². The molecule has 1 atom stereocenters. The van der Waals surface area contributed by atoms with Gasteiger partial charge in [-0.3, -0.25) is 0 Å². The second-order valence-electron chi connectivity index (χ2n) is 10.7. The van der Waals surface area contributed by atoms with E-state index in [1.807, 2.05) is 6.07 Å². The molecule has 3 aromatic rings. The average Bonchev–Trinajstić information content (AvgIpc) is 3.09. The smallest absolute Gasteiger partial charge is 0.0320 e. The van der Waals surface area contributed by atoms with Gasteiger partial charge in [0.1, 0.15) is 0 Å². The maximum Gasteiger partial charge on any atom is 0.0320 e. The van der Waals surface area contributed by atoms with Gasteiger partial charge >= 0.3 is 0 Å². The predicted octanol–water partition coefficient (Wildman–Crippen LogP) is 10.8. The molecule has 0 aromatic heterocycles. The van der Waals surface area contributed by atoms with Crippen LogP contribution in [-0.4, -0.2) is 0 Å². The molecule has 1 unspecified atom stereocenters. The minimum atomic E-state index is 0.832. The number of unbranched alkanes of at least 4 members (excludes halogenated alkanes) is 1. The third kappa shape index (κ3) is 9.54. The minimum absolute atomic E-state index is 0.832. The Hall–Kier alpha value is -2.80. The van der Waals surface area contributed by atoms with E-state index in [-0.39, 0.29) is 0 Å². The van der Waals surface area contributed by atoms with Crippen molar-refractivity contribution >= 4 is 16.8 Å². The molecule has 0 spiro atoms. The van der Waals surface area contributed by atoms with E-state index in [0.29, 0.717) is 0 Å². The zero-order chi connectivity index (χ0) is 27.2. The predicted molar refractivity (Wildman–Crippen MR) is 167 cm³/mol. The number of allylic oxidation sites excluding steroid dienone is 1. The number of aryl methyl sites for hydroxylation is 3. The van der Waals surface area contributed by atoms with Gasteiger partial charge in [0.15, 0.2) is 0 Å². The molecule has 200 valence electrons. The van der Waals surface area contributed by atoms with Crippen LogP contribution in [-0.2, 0) is 6.42 Å². The van der Waals surface area contributed by atoms with Crippen molar-refractivity contribution in [3.8, 4) is 0 Å². The summed E-state index contributed by atoms with van der Waals surface area (Å²) in [5.74, 6) is 0.949. The Morgan fingerprint density at radius 2 is 1.27 bits per heavy atom. The molecule has 37 heavy (non-hydrogen) atoms. The van der Waals surface area contributed by atoms with E-state index < -0.39 is 0 Å². The summed E-state index contributed by atoms with van der Waals surface area (Å²) in [5, 5.41) is 0. The van der Waals surface area contributed by atoms with Gasteiger partial charge in [0.25, 0.3) is 0 Å². The van der Waals surface area contributed by atoms with E-state index in [2.05, 4.69) is 109 Å². The molecular weight excluding hydrogens is 446 g/mol. The molecule has 0 saturated heterocycles. The van der Waals surface area contributed by atoms with Crippen molar-refractivity contribution in [2.24, 2.45) is 5.92 Å². The molecule has 1 heteroatoms. The maximum absolute atomic E-state index is 6.18. The molecule has 0 aliphatic heterocycles. The fourth-order valence-electron chi connectivity index (χ4n) is 4.58. The molecule has 3 aromatic carbocycles. The lowest BCUT2D eigenvalue weighted by Crippen LogP contribution is -1.98. The highest BCUT2D eigenvalue weighted by Crippen LogP contribution is 2.40. The molecule has 0 saturated carbocycles. The van der Waals surface area contributed by atoms with Crippen molar-refractivity contribution in [1.82, 2.24) is 0 Å². The third-order valence-corrected chi connectivity index (χ3v) is 7.30. The fourth-order valence-corrected chi connectivity index (χ4v) is 4.58. The molecule has 0 amide bonds. The number of rotatable bonds is 6. The number of nitrogen functional groups attached to an aromatic ring is 1. The molecule has 0 fully saturated rings. The normalized spacial score (nSPS) is 13.4. The van der Waals surface area contributed by atoms with Gasteiger partial charge in [0.2, 0.25) is 0 Å². The first-order valence-electron chi connectivity index (χ1n) is 14.6. The van der Waals surface area contributed by atoms with E-state index in [1.54, 1.807) is 0 Å². The number of anilines is 1. The van der Waals surface area contributed by atoms with Gasteiger partial charge in [0, 0.05) is 5.69 Å². The van der Waals surface area contributed by atoms with Crippen molar-refractivity contribution in [1.29, 1.82) is 0 Å². The summed E-state index contributed by atoms with van der Waals surface area (Å²) in [6.45, 7) is 15.4. The van der Waals surface area contributed by atoms with Crippen LogP contribution in [0.4, 0.5) is 5.69 Å². The zero-order valence-electron chi connectivity index (χ0n) is 24.7. The number of benzene rings is 3. The maximum atomic E-state index is 6.18. The number of fused-ring (bicyclic) bond motifs is 1. The van der Waals surface area contributed by atoms with E-state index in [0.717, 1.165) is 30.9 Å². The van der Waals surface area contributed by atoms with Gasteiger partial charge in [-0.05, 0) is 84.6 Å². The third-order valence-electron chi connectivity index (χ3n) is 7.30. The van der Waals surface area contributed by atoms with Crippen molar-refractivity contribution in [2.45, 2.75) is 99.8 Å². The first-order valence-corrected chi connectivity index (χ1v) is 14.6. The van der Waals surface area contributed by atoms with Crippen LogP contribution in [0, 0.1) is 19.8 Å². The molecule has 1 aliphatic carbocycles. The van der Waals surface area contributed by atoms with Crippen LogP contribution >= 0.6 is 0 Å². The summed E-state index contributed by atoms with van der Waals surface area (Å²) in [5.41, 5.74) is 17.7. The summed E-state index contributed by atoms with van der Waals surface area (Å²) in [7, 11) is 0. The van der Waals surface area contributed by atoms with Crippen molar-refractivity contribution in [3.63, 3.8) is 0 Å². The van der Waals surface area contributed by atoms with Crippen molar-refractivity contribution < 1.29 is 0 Å². The van der Waals surface area contributed by atoms with Crippen molar-refractivity contribution in [2.75, 3.05) is 5.73 Å². The topological polar surface area (TPSA) is 26.0 Å². The Balaban J connectivity index is 0.000000371. The summed E-state index contributed by atoms with van der Waals surface area (Å²) < 4.78 is 0. The second-order valence-corrected chi connectivity index (χ2v) is 10.7. The Morgan fingerprint density at radius 1 is 0.703 bits per heavy atom. The summed E-state index contributed by atoms with van der Waals surface area (Å²) in [6, 6.07) is 24.2. The number of hydrogen-bond acceptors (Lipinski definition) is 1.